The molecule has 1 heterocycles. The van der Waals surface area contributed by atoms with Gasteiger partial charge in [0.15, 0.2) is 0 Å². The molecule has 0 bridgehead atoms. The van der Waals surface area contributed by atoms with E-state index >= 15 is 0 Å². The Morgan fingerprint density at radius 2 is 1.56 bits per heavy atom. The summed E-state index contributed by atoms with van der Waals surface area (Å²) in [6.45, 7) is 1.89. The maximum Gasteiger partial charge on any atom is 0.416 e. The van der Waals surface area contributed by atoms with E-state index in [1.165, 1.54) is 11.9 Å². The summed E-state index contributed by atoms with van der Waals surface area (Å²) in [6, 6.07) is 7.22. The lowest BCUT2D eigenvalue weighted by Crippen LogP contribution is -2.51. The summed E-state index contributed by atoms with van der Waals surface area (Å²) < 4.78 is 79.5. The fourth-order valence-corrected chi connectivity index (χ4v) is 4.32. The first-order valence-electron chi connectivity index (χ1n) is 10.3. The average Bonchev–Trinajstić information content (AvgIpc) is 2.76. The quantitative estimate of drug-likeness (QED) is 0.569. The molecule has 2 atom stereocenters. The Bertz CT molecular complexity index is 1050. The van der Waals surface area contributed by atoms with E-state index in [-0.39, 0.29) is 25.6 Å². The van der Waals surface area contributed by atoms with Gasteiger partial charge in [0.25, 0.3) is 5.91 Å². The average molecular weight is 488 g/mol. The number of carbonyl (C=O) groups excluding carboxylic acids is 1. The van der Waals surface area contributed by atoms with Crippen molar-refractivity contribution >= 4 is 12.0 Å². The van der Waals surface area contributed by atoms with Crippen LogP contribution >= 0.6 is 0 Å². The molecule has 2 amide bonds. The third-order valence-electron chi connectivity index (χ3n) is 6.09. The summed E-state index contributed by atoms with van der Waals surface area (Å²) in [5, 5.41) is 9.43. The second-order valence-corrected chi connectivity index (χ2v) is 8.26. The highest BCUT2D eigenvalue weighted by molar-refractivity contribution is 5.95. The van der Waals surface area contributed by atoms with Crippen LogP contribution in [-0.2, 0) is 12.4 Å². The SMILES string of the molecule is Cc1ccccc1[C@@H]1CN(C(=O)O)CC[C@H]1N(C)C(=O)c1cc(C(F)(F)F)cc(C(F)(F)F)c1. The lowest BCUT2D eigenvalue weighted by Gasteiger charge is -2.42. The number of likely N-dealkylation sites (N-methyl/N-ethyl adjacent to an activating group) is 1. The molecule has 0 saturated carbocycles. The van der Waals surface area contributed by atoms with Gasteiger partial charge < -0.3 is 14.9 Å². The van der Waals surface area contributed by atoms with E-state index in [9.17, 15) is 41.0 Å². The van der Waals surface area contributed by atoms with Crippen molar-refractivity contribution in [2.75, 3.05) is 20.1 Å². The maximum absolute atomic E-state index is 13.2. The zero-order valence-electron chi connectivity index (χ0n) is 18.2. The van der Waals surface area contributed by atoms with Crippen molar-refractivity contribution in [1.29, 1.82) is 0 Å². The molecule has 1 aliphatic heterocycles. The van der Waals surface area contributed by atoms with Crippen LogP contribution in [0.1, 0.15) is 45.0 Å². The zero-order chi connectivity index (χ0) is 25.4. The molecule has 2 aromatic rings. The lowest BCUT2D eigenvalue weighted by molar-refractivity contribution is -0.143. The number of piperidine rings is 1. The maximum atomic E-state index is 13.2. The third-order valence-corrected chi connectivity index (χ3v) is 6.09. The van der Waals surface area contributed by atoms with Crippen LogP contribution in [0.5, 0.6) is 0 Å². The molecular weight excluding hydrogens is 466 g/mol. The van der Waals surface area contributed by atoms with Crippen molar-refractivity contribution in [1.82, 2.24) is 9.80 Å². The number of carboxylic acid groups (broad SMARTS) is 1. The monoisotopic (exact) mass is 488 g/mol. The summed E-state index contributed by atoms with van der Waals surface area (Å²) in [4.78, 5) is 27.0. The van der Waals surface area contributed by atoms with Gasteiger partial charge in [-0.3, -0.25) is 4.79 Å². The lowest BCUT2D eigenvalue weighted by atomic mass is 9.83. The predicted octanol–water partition coefficient (Wildman–Crippen LogP) is 5.64. The second-order valence-electron chi connectivity index (χ2n) is 8.26. The minimum atomic E-state index is -5.08. The number of alkyl halides is 6. The molecule has 2 aromatic carbocycles. The Balaban J connectivity index is 2.02. The van der Waals surface area contributed by atoms with Gasteiger partial charge in [-0.15, -0.1) is 0 Å². The van der Waals surface area contributed by atoms with Gasteiger partial charge in [0.2, 0.25) is 0 Å². The van der Waals surface area contributed by atoms with E-state index in [0.29, 0.717) is 12.1 Å². The van der Waals surface area contributed by atoms with Gasteiger partial charge in [0.1, 0.15) is 0 Å². The molecule has 1 saturated heterocycles. The first-order valence-corrected chi connectivity index (χ1v) is 10.3. The fraction of sp³-hybridized carbons (Fsp3) is 0.391. The van der Waals surface area contributed by atoms with Crippen LogP contribution < -0.4 is 0 Å². The van der Waals surface area contributed by atoms with Gasteiger partial charge in [-0.05, 0) is 42.7 Å². The van der Waals surface area contributed by atoms with Crippen molar-refractivity contribution in [3.05, 3.63) is 70.3 Å². The van der Waals surface area contributed by atoms with Crippen LogP contribution in [0.2, 0.25) is 0 Å². The van der Waals surface area contributed by atoms with Crippen molar-refractivity contribution in [2.45, 2.75) is 37.7 Å². The van der Waals surface area contributed by atoms with Gasteiger partial charge >= 0.3 is 18.4 Å². The van der Waals surface area contributed by atoms with Crippen LogP contribution in [0.25, 0.3) is 0 Å². The largest absolute Gasteiger partial charge is 0.465 e. The van der Waals surface area contributed by atoms with E-state index in [0.717, 1.165) is 16.0 Å². The number of hydrogen-bond donors (Lipinski definition) is 1. The van der Waals surface area contributed by atoms with Crippen molar-refractivity contribution in [3.63, 3.8) is 0 Å². The summed E-state index contributed by atoms with van der Waals surface area (Å²) in [5.41, 5.74) is -2.32. The van der Waals surface area contributed by atoms with Gasteiger partial charge in [-0.1, -0.05) is 24.3 Å². The highest BCUT2D eigenvalue weighted by Crippen LogP contribution is 2.38. The van der Waals surface area contributed by atoms with E-state index in [4.69, 9.17) is 0 Å². The molecule has 5 nitrogen and oxygen atoms in total. The van der Waals surface area contributed by atoms with Crippen molar-refractivity contribution in [3.8, 4) is 0 Å². The molecule has 0 radical (unpaired) electrons. The Kier molecular flexibility index (Phi) is 6.86. The van der Waals surface area contributed by atoms with Crippen LogP contribution in [0, 0.1) is 6.92 Å². The number of benzene rings is 2. The zero-order valence-corrected chi connectivity index (χ0v) is 18.2. The number of amides is 2. The molecule has 11 heteroatoms. The summed E-state index contributed by atoms with van der Waals surface area (Å²) in [6.07, 6.45) is -11.1. The van der Waals surface area contributed by atoms with Gasteiger partial charge in [-0.25, -0.2) is 4.79 Å². The van der Waals surface area contributed by atoms with Crippen LogP contribution in [0.15, 0.2) is 42.5 Å². The second kappa shape index (κ2) is 9.19. The number of halogens is 6. The first kappa shape index (κ1) is 25.4. The summed E-state index contributed by atoms with van der Waals surface area (Å²) in [5.74, 6) is -1.53. The Hall–Kier alpha value is -3.24. The topological polar surface area (TPSA) is 60.9 Å². The van der Waals surface area contributed by atoms with E-state index in [2.05, 4.69) is 0 Å². The number of rotatable bonds is 3. The summed E-state index contributed by atoms with van der Waals surface area (Å²) >= 11 is 0. The molecule has 184 valence electrons. The van der Waals surface area contributed by atoms with Crippen LogP contribution in [0.4, 0.5) is 31.1 Å². The number of aryl methyl sites for hydroxylation is 1. The number of hydrogen-bond acceptors (Lipinski definition) is 2. The standard InChI is InChI=1S/C23H22F6N2O3/c1-13-5-3-4-6-17(13)18-12-31(21(33)34)8-7-19(18)30(2)20(32)14-9-15(22(24,25)26)11-16(10-14)23(27,28)29/h3-6,9-11,18-19H,7-8,12H2,1-2H3,(H,33,34)/t18-,19+/m0/s1. The molecule has 0 unspecified atom stereocenters. The Labute approximate surface area is 191 Å². The predicted molar refractivity (Wildman–Crippen MR) is 110 cm³/mol. The third kappa shape index (κ3) is 5.28. The van der Waals surface area contributed by atoms with Crippen molar-refractivity contribution in [2.24, 2.45) is 0 Å². The molecule has 0 aromatic heterocycles. The molecular formula is C23H22F6N2O3. The van der Waals surface area contributed by atoms with Gasteiger partial charge in [-0.2, -0.15) is 26.3 Å². The van der Waals surface area contributed by atoms with Crippen LogP contribution in [0.3, 0.4) is 0 Å². The van der Waals surface area contributed by atoms with Gasteiger partial charge in [0.05, 0.1) is 11.1 Å². The first-order chi connectivity index (χ1) is 15.7. The van der Waals surface area contributed by atoms with E-state index in [1.54, 1.807) is 31.2 Å². The molecule has 1 N–H and O–H groups in total. The smallest absolute Gasteiger partial charge is 0.416 e. The van der Waals surface area contributed by atoms with Gasteiger partial charge in [0, 0.05) is 37.7 Å². The summed E-state index contributed by atoms with van der Waals surface area (Å²) in [7, 11) is 1.31. The molecule has 34 heavy (non-hydrogen) atoms. The number of carbonyl (C=O) groups is 2. The molecule has 1 aliphatic rings. The van der Waals surface area contributed by atoms with Crippen LogP contribution in [-0.4, -0.2) is 53.1 Å². The normalized spacial score (nSPS) is 19.1. The Morgan fingerprint density at radius 1 is 1.00 bits per heavy atom. The fourth-order valence-electron chi connectivity index (χ4n) is 4.32. The minimum absolute atomic E-state index is 0.0267. The molecule has 0 aliphatic carbocycles. The van der Waals surface area contributed by atoms with E-state index < -0.39 is 53.0 Å². The Morgan fingerprint density at radius 3 is 2.06 bits per heavy atom. The molecule has 3 rings (SSSR count). The van der Waals surface area contributed by atoms with Crippen molar-refractivity contribution < 1.29 is 41.0 Å². The molecule has 0 spiro atoms. The van der Waals surface area contributed by atoms with E-state index in [1.807, 2.05) is 0 Å². The highest BCUT2D eigenvalue weighted by Gasteiger charge is 2.40. The highest BCUT2D eigenvalue weighted by atomic mass is 19.4. The number of nitrogens with zero attached hydrogens (tertiary/aromatic N) is 2. The molecule has 1 fully saturated rings. The minimum Gasteiger partial charge on any atom is -0.465 e. The number of likely N-dealkylation sites (tertiary alicyclic amines) is 1.